The summed E-state index contributed by atoms with van der Waals surface area (Å²) < 4.78 is 7.48. The molecule has 1 atom stereocenters. The Bertz CT molecular complexity index is 940. The molecule has 1 fully saturated rings. The Hall–Kier alpha value is -1.99. The van der Waals surface area contributed by atoms with E-state index in [0.717, 1.165) is 20.1 Å². The van der Waals surface area contributed by atoms with Crippen molar-refractivity contribution < 1.29 is 9.32 Å². The van der Waals surface area contributed by atoms with Crippen LogP contribution in [0.25, 0.3) is 11.4 Å². The first-order chi connectivity index (χ1) is 12.6. The van der Waals surface area contributed by atoms with Gasteiger partial charge in [0, 0.05) is 27.5 Å². The van der Waals surface area contributed by atoms with Crippen molar-refractivity contribution in [2.24, 2.45) is 0 Å². The second kappa shape index (κ2) is 7.32. The summed E-state index contributed by atoms with van der Waals surface area (Å²) >= 11 is 6.89. The highest BCUT2D eigenvalue weighted by Gasteiger charge is 2.36. The largest absolute Gasteiger partial charge is 0.337 e. The van der Waals surface area contributed by atoms with E-state index < -0.39 is 0 Å². The molecule has 0 radical (unpaired) electrons. The second-order valence-corrected chi connectivity index (χ2v) is 8.00. The number of nitrogens with zero attached hydrogens (tertiary/aromatic N) is 3. The van der Waals surface area contributed by atoms with Gasteiger partial charge in [0.1, 0.15) is 6.04 Å². The first-order valence-electron chi connectivity index (χ1n) is 8.23. The van der Waals surface area contributed by atoms with E-state index >= 15 is 0 Å². The molecule has 0 spiro atoms. The minimum absolute atomic E-state index is 0.110. The number of benzene rings is 2. The highest BCUT2D eigenvalue weighted by Crippen LogP contribution is 2.34. The molecule has 0 aliphatic carbocycles. The first kappa shape index (κ1) is 17.4. The Balaban J connectivity index is 1.58. The van der Waals surface area contributed by atoms with E-state index in [1.54, 1.807) is 0 Å². The van der Waals surface area contributed by atoms with Gasteiger partial charge in [0.25, 0.3) is 0 Å². The molecule has 5 nitrogen and oxygen atoms in total. The van der Waals surface area contributed by atoms with E-state index in [1.165, 1.54) is 0 Å². The van der Waals surface area contributed by atoms with E-state index in [9.17, 15) is 4.79 Å². The first-order valence-corrected chi connectivity index (χ1v) is 9.82. The van der Waals surface area contributed by atoms with Crippen LogP contribution in [-0.4, -0.2) is 20.9 Å². The summed E-state index contributed by atoms with van der Waals surface area (Å²) in [6, 6.07) is 15.5. The van der Waals surface area contributed by atoms with Crippen LogP contribution < -0.4 is 0 Å². The van der Waals surface area contributed by atoms with Gasteiger partial charge in [-0.05, 0) is 48.4 Å². The van der Waals surface area contributed by atoms with Gasteiger partial charge < -0.3 is 9.42 Å². The zero-order chi connectivity index (χ0) is 18.1. The van der Waals surface area contributed by atoms with Crippen molar-refractivity contribution in [1.29, 1.82) is 0 Å². The summed E-state index contributed by atoms with van der Waals surface area (Å²) in [4.78, 5) is 18.7. The van der Waals surface area contributed by atoms with Gasteiger partial charge in [-0.25, -0.2) is 0 Å². The van der Waals surface area contributed by atoms with Gasteiger partial charge in [0.15, 0.2) is 0 Å². The van der Waals surface area contributed by atoms with Gasteiger partial charge in [0.2, 0.25) is 17.6 Å². The number of carbonyl (C=O) groups excluding carboxylic acids is 1. The van der Waals surface area contributed by atoms with E-state index in [-0.39, 0.29) is 11.9 Å². The molecule has 1 unspecified atom stereocenters. The monoisotopic (exact) mass is 475 g/mol. The maximum atomic E-state index is 12.4. The Morgan fingerprint density at radius 1 is 1.12 bits per heavy atom. The van der Waals surface area contributed by atoms with Crippen LogP contribution in [0.1, 0.15) is 30.3 Å². The van der Waals surface area contributed by atoms with Gasteiger partial charge >= 0.3 is 0 Å². The molecule has 1 aromatic heterocycles. The van der Waals surface area contributed by atoms with Crippen molar-refractivity contribution in [3.8, 4) is 11.4 Å². The van der Waals surface area contributed by atoms with Crippen molar-refractivity contribution in [2.45, 2.75) is 25.4 Å². The quantitative estimate of drug-likeness (QED) is 0.524. The van der Waals surface area contributed by atoms with Crippen molar-refractivity contribution >= 4 is 37.8 Å². The van der Waals surface area contributed by atoms with E-state index in [1.807, 2.05) is 53.4 Å². The Morgan fingerprint density at radius 3 is 2.69 bits per heavy atom. The Labute approximate surface area is 167 Å². The van der Waals surface area contributed by atoms with Crippen molar-refractivity contribution in [3.05, 3.63) is 68.9 Å². The molecule has 0 saturated carbocycles. The number of hydrogen-bond donors (Lipinski definition) is 0. The molecule has 4 rings (SSSR count). The number of rotatable bonds is 4. The number of aromatic nitrogens is 2. The fourth-order valence-corrected chi connectivity index (χ4v) is 3.82. The van der Waals surface area contributed by atoms with E-state index in [2.05, 4.69) is 42.0 Å². The summed E-state index contributed by atoms with van der Waals surface area (Å²) in [6.07, 6.45) is 1.18. The zero-order valence-electron chi connectivity index (χ0n) is 13.7. The smallest absolute Gasteiger partial charge is 0.249 e. The zero-order valence-corrected chi connectivity index (χ0v) is 16.9. The van der Waals surface area contributed by atoms with Crippen LogP contribution in [0.2, 0.25) is 0 Å². The summed E-state index contributed by atoms with van der Waals surface area (Å²) in [5.74, 6) is 1.14. The van der Waals surface area contributed by atoms with Gasteiger partial charge in [-0.2, -0.15) is 4.98 Å². The summed E-state index contributed by atoms with van der Waals surface area (Å²) in [5.41, 5.74) is 1.94. The van der Waals surface area contributed by atoms with E-state index in [4.69, 9.17) is 4.52 Å². The average Bonchev–Trinajstić information content (AvgIpc) is 3.24. The molecule has 3 aromatic rings. The topological polar surface area (TPSA) is 59.2 Å². The van der Waals surface area contributed by atoms with Gasteiger partial charge in [-0.1, -0.05) is 49.1 Å². The summed E-state index contributed by atoms with van der Waals surface area (Å²) in [7, 11) is 0. The lowest BCUT2D eigenvalue weighted by atomic mass is 10.2. The number of hydrogen-bond acceptors (Lipinski definition) is 4. The molecule has 132 valence electrons. The lowest BCUT2D eigenvalue weighted by Crippen LogP contribution is -2.27. The molecule has 0 N–H and O–H groups in total. The molecule has 1 saturated heterocycles. The Kier molecular flexibility index (Phi) is 4.91. The fourth-order valence-electron chi connectivity index (χ4n) is 3.11. The maximum Gasteiger partial charge on any atom is 0.249 e. The van der Waals surface area contributed by atoms with Gasteiger partial charge in [0.05, 0.1) is 0 Å². The molecule has 26 heavy (non-hydrogen) atoms. The number of carbonyl (C=O) groups is 1. The van der Waals surface area contributed by atoms with E-state index in [0.29, 0.717) is 31.1 Å². The lowest BCUT2D eigenvalue weighted by Gasteiger charge is -2.22. The van der Waals surface area contributed by atoms with Crippen LogP contribution >= 0.6 is 31.9 Å². The molecule has 2 aromatic carbocycles. The summed E-state index contributed by atoms with van der Waals surface area (Å²) in [5, 5.41) is 4.09. The summed E-state index contributed by atoms with van der Waals surface area (Å²) in [6.45, 7) is 0.527. The van der Waals surface area contributed by atoms with Crippen molar-refractivity contribution in [1.82, 2.24) is 15.0 Å². The van der Waals surface area contributed by atoms with Crippen LogP contribution in [0.5, 0.6) is 0 Å². The Morgan fingerprint density at radius 2 is 1.92 bits per heavy atom. The third kappa shape index (κ3) is 3.59. The number of likely N-dealkylation sites (tertiary alicyclic amines) is 1. The SMILES string of the molecule is O=C1CCC(c2nc(-c3ccc(Br)cc3)no2)N1Cc1cccc(Br)c1. The molecule has 1 amide bonds. The van der Waals surface area contributed by atoms with Crippen LogP contribution in [0.3, 0.4) is 0 Å². The molecule has 2 heterocycles. The van der Waals surface area contributed by atoms with Crippen LogP contribution in [0, 0.1) is 0 Å². The molecule has 1 aliphatic rings. The second-order valence-electron chi connectivity index (χ2n) is 6.17. The van der Waals surface area contributed by atoms with Crippen LogP contribution in [-0.2, 0) is 11.3 Å². The molecule has 7 heteroatoms. The third-order valence-corrected chi connectivity index (χ3v) is 5.42. The molecular formula is C19H15Br2N3O2. The molecule has 1 aliphatic heterocycles. The highest BCUT2D eigenvalue weighted by atomic mass is 79.9. The van der Waals surface area contributed by atoms with Crippen molar-refractivity contribution in [2.75, 3.05) is 0 Å². The maximum absolute atomic E-state index is 12.4. The minimum atomic E-state index is -0.182. The average molecular weight is 477 g/mol. The number of amides is 1. The normalized spacial score (nSPS) is 17.1. The lowest BCUT2D eigenvalue weighted by molar-refractivity contribution is -0.129. The van der Waals surface area contributed by atoms with Gasteiger partial charge in [-0.3, -0.25) is 4.79 Å². The van der Waals surface area contributed by atoms with Crippen LogP contribution in [0.4, 0.5) is 0 Å². The molecular weight excluding hydrogens is 462 g/mol. The highest BCUT2D eigenvalue weighted by molar-refractivity contribution is 9.10. The predicted octanol–water partition coefficient (Wildman–Crippen LogP) is 5.13. The predicted molar refractivity (Wildman–Crippen MR) is 104 cm³/mol. The van der Waals surface area contributed by atoms with Crippen molar-refractivity contribution in [3.63, 3.8) is 0 Å². The fraction of sp³-hybridized carbons (Fsp3) is 0.211. The van der Waals surface area contributed by atoms with Crippen LogP contribution in [0.15, 0.2) is 62.0 Å². The van der Waals surface area contributed by atoms with Gasteiger partial charge in [-0.15, -0.1) is 0 Å². The number of halogens is 2. The standard InChI is InChI=1S/C19H15Br2N3O2/c20-14-6-4-13(5-7-14)18-22-19(26-23-18)16-8-9-17(25)24(16)11-12-2-1-3-15(21)10-12/h1-7,10,16H,8-9,11H2. The molecule has 0 bridgehead atoms. The third-order valence-electron chi connectivity index (χ3n) is 4.40. The minimum Gasteiger partial charge on any atom is -0.337 e.